The minimum absolute atomic E-state index is 0.0983. The highest BCUT2D eigenvalue weighted by Crippen LogP contribution is 2.43. The van der Waals surface area contributed by atoms with Crippen LogP contribution in [0.25, 0.3) is 0 Å². The fourth-order valence-electron chi connectivity index (χ4n) is 2.14. The number of hydrogen-bond donors (Lipinski definition) is 1. The maximum Gasteiger partial charge on any atom is 0.147 e. The van der Waals surface area contributed by atoms with Gasteiger partial charge in [-0.25, -0.2) is 4.39 Å². The van der Waals surface area contributed by atoms with Gasteiger partial charge >= 0.3 is 0 Å². The second kappa shape index (κ2) is 4.52. The highest BCUT2D eigenvalue weighted by Gasteiger charge is 2.38. The van der Waals surface area contributed by atoms with Crippen LogP contribution in [0.1, 0.15) is 24.6 Å². The normalized spacial score (nSPS) is 26.2. The smallest absolute Gasteiger partial charge is 0.147 e. The molecule has 1 aromatic heterocycles. The largest absolute Gasteiger partial charge is 0.316 e. The number of halogens is 2. The van der Waals surface area contributed by atoms with Crippen molar-refractivity contribution in [1.29, 1.82) is 0 Å². The van der Waals surface area contributed by atoms with Gasteiger partial charge in [0.05, 0.1) is 4.88 Å². The molecular weight excluding hydrogens is 277 g/mol. The molecule has 1 saturated heterocycles. The lowest BCUT2D eigenvalue weighted by Gasteiger charge is -2.33. The summed E-state index contributed by atoms with van der Waals surface area (Å²) in [5.74, 6) is 0.0983. The van der Waals surface area contributed by atoms with E-state index in [1.807, 2.05) is 11.4 Å². The summed E-state index contributed by atoms with van der Waals surface area (Å²) in [5, 5.41) is 5.21. The van der Waals surface area contributed by atoms with E-state index >= 15 is 0 Å². The summed E-state index contributed by atoms with van der Waals surface area (Å²) in [6.45, 7) is 3.52. The van der Waals surface area contributed by atoms with Gasteiger partial charge in [0.25, 0.3) is 0 Å². The fourth-order valence-corrected chi connectivity index (χ4v) is 4.04. The Balaban J connectivity index is 2.21. The molecule has 0 radical (unpaired) electrons. The van der Waals surface area contributed by atoms with E-state index in [0.717, 1.165) is 35.3 Å². The number of alkyl halides is 1. The minimum Gasteiger partial charge on any atom is -0.316 e. The third-order valence-electron chi connectivity index (χ3n) is 3.12. The topological polar surface area (TPSA) is 12.0 Å². The molecule has 2 rings (SSSR count). The van der Waals surface area contributed by atoms with Crippen molar-refractivity contribution in [3.63, 3.8) is 0 Å². The molecule has 0 aromatic carbocycles. The van der Waals surface area contributed by atoms with Crippen LogP contribution < -0.4 is 5.32 Å². The lowest BCUT2D eigenvalue weighted by molar-refractivity contribution is 0.0843. The Kier molecular flexibility index (Phi) is 3.48. The molecule has 0 saturated carbocycles. The maximum absolute atomic E-state index is 14.7. The van der Waals surface area contributed by atoms with Crippen molar-refractivity contribution >= 4 is 27.3 Å². The average Bonchev–Trinajstić information content (AvgIpc) is 2.66. The van der Waals surface area contributed by atoms with Crippen LogP contribution in [0.15, 0.2) is 15.9 Å². The first-order valence-electron chi connectivity index (χ1n) is 5.25. The summed E-state index contributed by atoms with van der Waals surface area (Å²) in [6.07, 6.45) is 2.05. The number of rotatable bonds is 2. The van der Waals surface area contributed by atoms with Crippen LogP contribution in [0.2, 0.25) is 0 Å². The van der Waals surface area contributed by atoms with E-state index in [1.54, 1.807) is 6.92 Å². The molecule has 0 spiro atoms. The predicted molar refractivity (Wildman–Crippen MR) is 66.1 cm³/mol. The summed E-state index contributed by atoms with van der Waals surface area (Å²) in [4.78, 5) is 0.830. The van der Waals surface area contributed by atoms with Gasteiger partial charge in [-0.2, -0.15) is 0 Å². The molecule has 1 aliphatic rings. The molecule has 0 aliphatic carbocycles. The van der Waals surface area contributed by atoms with Crippen LogP contribution in [0.5, 0.6) is 0 Å². The molecule has 1 nitrogen and oxygen atoms in total. The van der Waals surface area contributed by atoms with E-state index in [2.05, 4.69) is 21.2 Å². The molecule has 1 aromatic rings. The van der Waals surface area contributed by atoms with E-state index in [-0.39, 0.29) is 5.92 Å². The van der Waals surface area contributed by atoms with Crippen molar-refractivity contribution in [3.8, 4) is 0 Å². The number of hydrogen-bond acceptors (Lipinski definition) is 2. The number of piperidine rings is 1. The van der Waals surface area contributed by atoms with Gasteiger partial charge in [-0.15, -0.1) is 11.3 Å². The SMILES string of the molecule is CC(F)(c1sccc1Br)C1CCCNC1. The van der Waals surface area contributed by atoms with Crippen LogP contribution in [0, 0.1) is 5.92 Å². The highest BCUT2D eigenvalue weighted by atomic mass is 79.9. The lowest BCUT2D eigenvalue weighted by Crippen LogP contribution is -2.39. The molecule has 1 fully saturated rings. The van der Waals surface area contributed by atoms with Crippen molar-refractivity contribution in [2.24, 2.45) is 5.92 Å². The second-order valence-corrected chi connectivity index (χ2v) is 5.99. The molecule has 0 amide bonds. The summed E-state index contributed by atoms with van der Waals surface area (Å²) in [5.41, 5.74) is -1.21. The Labute approximate surface area is 102 Å². The van der Waals surface area contributed by atoms with Gasteiger partial charge in [-0.1, -0.05) is 0 Å². The second-order valence-electron chi connectivity index (χ2n) is 4.22. The van der Waals surface area contributed by atoms with Crippen molar-refractivity contribution in [2.75, 3.05) is 13.1 Å². The van der Waals surface area contributed by atoms with Crippen LogP contribution in [-0.2, 0) is 5.67 Å². The van der Waals surface area contributed by atoms with Gasteiger partial charge < -0.3 is 5.32 Å². The van der Waals surface area contributed by atoms with E-state index < -0.39 is 5.67 Å². The Morgan fingerprint density at radius 1 is 1.67 bits per heavy atom. The molecule has 84 valence electrons. The number of nitrogens with one attached hydrogen (secondary N) is 1. The molecule has 2 heterocycles. The Hall–Kier alpha value is 0.0700. The summed E-state index contributed by atoms with van der Waals surface area (Å²) >= 11 is 4.92. The Morgan fingerprint density at radius 2 is 2.47 bits per heavy atom. The maximum atomic E-state index is 14.7. The van der Waals surface area contributed by atoms with Gasteiger partial charge in [0.15, 0.2) is 0 Å². The third kappa shape index (κ3) is 2.27. The van der Waals surface area contributed by atoms with E-state index in [9.17, 15) is 4.39 Å². The first-order valence-corrected chi connectivity index (χ1v) is 6.92. The number of thiophene rings is 1. The van der Waals surface area contributed by atoms with Crippen molar-refractivity contribution in [2.45, 2.75) is 25.4 Å². The van der Waals surface area contributed by atoms with Crippen LogP contribution >= 0.6 is 27.3 Å². The average molecular weight is 292 g/mol. The van der Waals surface area contributed by atoms with E-state index in [0.29, 0.717) is 0 Å². The minimum atomic E-state index is -1.21. The van der Waals surface area contributed by atoms with Gasteiger partial charge in [0.2, 0.25) is 0 Å². The summed E-state index contributed by atoms with van der Waals surface area (Å²) < 4.78 is 15.6. The van der Waals surface area contributed by atoms with Crippen LogP contribution in [-0.4, -0.2) is 13.1 Å². The Morgan fingerprint density at radius 3 is 3.00 bits per heavy atom. The van der Waals surface area contributed by atoms with Gasteiger partial charge in [0, 0.05) is 16.9 Å². The zero-order valence-corrected chi connectivity index (χ0v) is 11.1. The first kappa shape index (κ1) is 11.6. The van der Waals surface area contributed by atoms with Crippen LogP contribution in [0.3, 0.4) is 0 Å². The molecule has 1 N–H and O–H groups in total. The quantitative estimate of drug-likeness (QED) is 0.876. The predicted octanol–water partition coefficient (Wildman–Crippen LogP) is 3.69. The van der Waals surface area contributed by atoms with E-state index in [1.165, 1.54) is 11.3 Å². The van der Waals surface area contributed by atoms with Gasteiger partial charge in [-0.3, -0.25) is 0 Å². The fraction of sp³-hybridized carbons (Fsp3) is 0.636. The molecular formula is C11H15BrFNS. The molecule has 2 atom stereocenters. The summed E-state index contributed by atoms with van der Waals surface area (Å²) in [7, 11) is 0. The standard InChI is InChI=1S/C11H15BrFNS/c1-11(13,8-3-2-5-14-7-8)10-9(12)4-6-15-10/h4,6,8,14H,2-3,5,7H2,1H3. The highest BCUT2D eigenvalue weighted by molar-refractivity contribution is 9.10. The van der Waals surface area contributed by atoms with Crippen molar-refractivity contribution in [1.82, 2.24) is 5.32 Å². The monoisotopic (exact) mass is 291 g/mol. The lowest BCUT2D eigenvalue weighted by atomic mass is 9.84. The van der Waals surface area contributed by atoms with Crippen LogP contribution in [0.4, 0.5) is 4.39 Å². The van der Waals surface area contributed by atoms with Crippen molar-refractivity contribution in [3.05, 3.63) is 20.8 Å². The van der Waals surface area contributed by atoms with E-state index in [4.69, 9.17) is 0 Å². The zero-order valence-electron chi connectivity index (χ0n) is 8.72. The molecule has 15 heavy (non-hydrogen) atoms. The Bertz CT molecular complexity index is 331. The molecule has 0 bridgehead atoms. The molecule has 4 heteroatoms. The van der Waals surface area contributed by atoms with Gasteiger partial charge in [0.1, 0.15) is 5.67 Å². The molecule has 1 aliphatic heterocycles. The van der Waals surface area contributed by atoms with Crippen molar-refractivity contribution < 1.29 is 4.39 Å². The first-order chi connectivity index (χ1) is 7.12. The third-order valence-corrected chi connectivity index (χ3v) is 5.17. The summed E-state index contributed by atoms with van der Waals surface area (Å²) in [6, 6.07) is 1.92. The van der Waals surface area contributed by atoms with Gasteiger partial charge in [-0.05, 0) is 53.7 Å². The molecule has 2 unspecified atom stereocenters. The zero-order chi connectivity index (χ0) is 10.9.